The lowest BCUT2D eigenvalue weighted by atomic mass is 10.1. The first-order chi connectivity index (χ1) is 15.4. The minimum atomic E-state index is -0.645. The summed E-state index contributed by atoms with van der Waals surface area (Å²) in [6.07, 6.45) is -0.204. The van der Waals surface area contributed by atoms with Gasteiger partial charge in [0.2, 0.25) is 11.7 Å². The van der Waals surface area contributed by atoms with E-state index in [-0.39, 0.29) is 29.3 Å². The summed E-state index contributed by atoms with van der Waals surface area (Å²) in [6, 6.07) is 21.8. The Morgan fingerprint density at radius 1 is 0.844 bits per heavy atom. The van der Waals surface area contributed by atoms with E-state index in [1.54, 1.807) is 23.9 Å². The zero-order valence-corrected chi connectivity index (χ0v) is 19.2. The highest BCUT2D eigenvalue weighted by Gasteiger charge is 2.14. The van der Waals surface area contributed by atoms with Crippen molar-refractivity contribution in [2.75, 3.05) is 11.9 Å². The van der Waals surface area contributed by atoms with Crippen LogP contribution >= 0.6 is 35.0 Å². The van der Waals surface area contributed by atoms with E-state index in [9.17, 15) is 14.4 Å². The van der Waals surface area contributed by atoms with Crippen LogP contribution in [0.3, 0.4) is 0 Å². The van der Waals surface area contributed by atoms with Crippen LogP contribution in [0, 0.1) is 0 Å². The summed E-state index contributed by atoms with van der Waals surface area (Å²) in [6.45, 7) is -0.456. The van der Waals surface area contributed by atoms with E-state index in [2.05, 4.69) is 5.32 Å². The first-order valence-electron chi connectivity index (χ1n) is 9.67. The highest BCUT2D eigenvalue weighted by Crippen LogP contribution is 2.28. The molecular formula is C24H19Cl2NO4S. The molecule has 0 spiro atoms. The van der Waals surface area contributed by atoms with Gasteiger partial charge in [0.1, 0.15) is 0 Å². The molecule has 1 amide bonds. The van der Waals surface area contributed by atoms with Gasteiger partial charge in [-0.3, -0.25) is 14.4 Å². The number of benzene rings is 3. The van der Waals surface area contributed by atoms with Gasteiger partial charge in [0.05, 0.1) is 11.4 Å². The van der Waals surface area contributed by atoms with Gasteiger partial charge in [0.25, 0.3) is 0 Å². The number of Topliss-reactive ketones (excluding diaryl/α,β-unsaturated/α-hetero) is 1. The van der Waals surface area contributed by atoms with E-state index >= 15 is 0 Å². The largest absolute Gasteiger partial charge is 0.457 e. The number of nitrogens with one attached hydrogen (secondary N) is 1. The molecule has 8 heteroatoms. The molecule has 0 saturated heterocycles. The topological polar surface area (TPSA) is 72.5 Å². The van der Waals surface area contributed by atoms with Gasteiger partial charge in [-0.1, -0.05) is 53.2 Å². The van der Waals surface area contributed by atoms with E-state index in [0.29, 0.717) is 10.7 Å². The van der Waals surface area contributed by atoms with Crippen molar-refractivity contribution >= 4 is 58.3 Å². The van der Waals surface area contributed by atoms with Gasteiger partial charge in [-0.2, -0.15) is 0 Å². The molecule has 0 heterocycles. The smallest absolute Gasteiger partial charge is 0.306 e. The van der Waals surface area contributed by atoms with Crippen molar-refractivity contribution in [2.24, 2.45) is 0 Å². The summed E-state index contributed by atoms with van der Waals surface area (Å²) < 4.78 is 4.95. The molecule has 32 heavy (non-hydrogen) atoms. The van der Waals surface area contributed by atoms with Crippen molar-refractivity contribution in [3.63, 3.8) is 0 Å². The molecule has 0 saturated carbocycles. The third kappa shape index (κ3) is 7.41. The van der Waals surface area contributed by atoms with Crippen LogP contribution in [0.15, 0.2) is 82.6 Å². The molecule has 0 bridgehead atoms. The summed E-state index contributed by atoms with van der Waals surface area (Å²) in [5.41, 5.74) is 0.851. The first-order valence-corrected chi connectivity index (χ1v) is 11.2. The molecule has 0 aromatic heterocycles. The predicted octanol–water partition coefficient (Wildman–Crippen LogP) is 6.29. The van der Waals surface area contributed by atoms with Crippen molar-refractivity contribution in [3.05, 3.63) is 88.4 Å². The fourth-order valence-electron chi connectivity index (χ4n) is 2.68. The Balaban J connectivity index is 1.40. The number of ketones is 1. The van der Waals surface area contributed by atoms with Crippen molar-refractivity contribution in [3.8, 4) is 0 Å². The summed E-state index contributed by atoms with van der Waals surface area (Å²) in [7, 11) is 0. The third-order valence-electron chi connectivity index (χ3n) is 4.27. The lowest BCUT2D eigenvalue weighted by Crippen LogP contribution is -2.17. The Hall–Kier alpha value is -2.80. The number of halogens is 2. The fraction of sp³-hybridized carbons (Fsp3) is 0.125. The fourth-order valence-corrected chi connectivity index (χ4v) is 4.03. The molecule has 0 aliphatic heterocycles. The van der Waals surface area contributed by atoms with Crippen LogP contribution in [-0.4, -0.2) is 24.3 Å². The number of amides is 1. The van der Waals surface area contributed by atoms with Crippen molar-refractivity contribution < 1.29 is 19.1 Å². The summed E-state index contributed by atoms with van der Waals surface area (Å²) in [5.74, 6) is -1.41. The van der Waals surface area contributed by atoms with Gasteiger partial charge in [0, 0.05) is 32.5 Å². The molecule has 3 rings (SSSR count). The third-order valence-corrected chi connectivity index (χ3v) is 5.83. The highest BCUT2D eigenvalue weighted by molar-refractivity contribution is 7.99. The van der Waals surface area contributed by atoms with E-state index in [1.165, 1.54) is 18.2 Å². The number of rotatable bonds is 9. The molecule has 0 unspecified atom stereocenters. The second-order valence-corrected chi connectivity index (χ2v) is 8.69. The Labute approximate surface area is 200 Å². The second-order valence-electron chi connectivity index (χ2n) is 6.70. The second kappa shape index (κ2) is 11.7. The number of carbonyl (C=O) groups is 3. The molecule has 3 aromatic rings. The van der Waals surface area contributed by atoms with Crippen LogP contribution in [0.5, 0.6) is 0 Å². The standard InChI is InChI=1S/C24H19Cl2NO4S/c25-16-6-11-20(21(26)14-16)22(28)15-31-24(30)13-12-23(29)27-17-7-9-19(10-8-17)32-18-4-2-1-3-5-18/h1-11,14H,12-13,15H2,(H,27,29). The molecule has 164 valence electrons. The molecule has 0 aliphatic carbocycles. The number of esters is 1. The van der Waals surface area contributed by atoms with E-state index in [1.807, 2.05) is 42.5 Å². The van der Waals surface area contributed by atoms with Crippen molar-refractivity contribution in [2.45, 2.75) is 22.6 Å². The monoisotopic (exact) mass is 487 g/mol. The zero-order valence-electron chi connectivity index (χ0n) is 16.8. The molecule has 0 radical (unpaired) electrons. The number of ether oxygens (including phenoxy) is 1. The Morgan fingerprint density at radius 3 is 2.22 bits per heavy atom. The number of hydrogen-bond donors (Lipinski definition) is 1. The van der Waals surface area contributed by atoms with Crippen LogP contribution in [0.1, 0.15) is 23.2 Å². The molecular weight excluding hydrogens is 469 g/mol. The highest BCUT2D eigenvalue weighted by atomic mass is 35.5. The number of hydrogen-bond acceptors (Lipinski definition) is 5. The lowest BCUT2D eigenvalue weighted by molar-refractivity contribution is -0.143. The first kappa shape index (κ1) is 23.9. The van der Waals surface area contributed by atoms with E-state index in [0.717, 1.165) is 9.79 Å². The van der Waals surface area contributed by atoms with Crippen LogP contribution in [0.25, 0.3) is 0 Å². The molecule has 1 N–H and O–H groups in total. The maximum absolute atomic E-state index is 12.1. The van der Waals surface area contributed by atoms with Crippen molar-refractivity contribution in [1.29, 1.82) is 0 Å². The number of carbonyl (C=O) groups excluding carboxylic acids is 3. The minimum Gasteiger partial charge on any atom is -0.457 e. The molecule has 5 nitrogen and oxygen atoms in total. The average molecular weight is 488 g/mol. The Morgan fingerprint density at radius 2 is 1.53 bits per heavy atom. The zero-order chi connectivity index (χ0) is 22.9. The maximum atomic E-state index is 12.1. The SMILES string of the molecule is O=C(CCC(=O)OCC(=O)c1ccc(Cl)cc1Cl)Nc1ccc(Sc2ccccc2)cc1. The summed E-state index contributed by atoms with van der Waals surface area (Å²) in [5, 5.41) is 3.33. The molecule has 0 fully saturated rings. The van der Waals surface area contributed by atoms with E-state index in [4.69, 9.17) is 27.9 Å². The minimum absolute atomic E-state index is 0.0603. The average Bonchev–Trinajstić information content (AvgIpc) is 2.78. The van der Waals surface area contributed by atoms with Gasteiger partial charge >= 0.3 is 5.97 Å². The summed E-state index contributed by atoms with van der Waals surface area (Å²) in [4.78, 5) is 38.3. The Bertz CT molecular complexity index is 1100. The van der Waals surface area contributed by atoms with Crippen LogP contribution in [-0.2, 0) is 14.3 Å². The van der Waals surface area contributed by atoms with Gasteiger partial charge in [-0.25, -0.2) is 0 Å². The Kier molecular flexibility index (Phi) is 8.73. The quantitative estimate of drug-likeness (QED) is 0.283. The van der Waals surface area contributed by atoms with Crippen LogP contribution in [0.4, 0.5) is 5.69 Å². The van der Waals surface area contributed by atoms with E-state index < -0.39 is 18.4 Å². The maximum Gasteiger partial charge on any atom is 0.306 e. The van der Waals surface area contributed by atoms with Crippen LogP contribution < -0.4 is 5.32 Å². The molecule has 3 aromatic carbocycles. The summed E-state index contributed by atoms with van der Waals surface area (Å²) >= 11 is 13.4. The normalized spacial score (nSPS) is 10.4. The predicted molar refractivity (Wildman–Crippen MR) is 127 cm³/mol. The van der Waals surface area contributed by atoms with Gasteiger partial charge in [0.15, 0.2) is 6.61 Å². The lowest BCUT2D eigenvalue weighted by Gasteiger charge is -2.08. The van der Waals surface area contributed by atoms with Crippen LogP contribution in [0.2, 0.25) is 10.0 Å². The van der Waals surface area contributed by atoms with Gasteiger partial charge in [-0.05, 0) is 54.6 Å². The van der Waals surface area contributed by atoms with Gasteiger partial charge < -0.3 is 10.1 Å². The number of anilines is 1. The molecule has 0 atom stereocenters. The molecule has 0 aliphatic rings. The van der Waals surface area contributed by atoms with Crippen molar-refractivity contribution in [1.82, 2.24) is 0 Å². The van der Waals surface area contributed by atoms with Gasteiger partial charge in [-0.15, -0.1) is 0 Å².